The molecule has 24 heavy (non-hydrogen) atoms. The van der Waals surface area contributed by atoms with Gasteiger partial charge in [0.15, 0.2) is 0 Å². The van der Waals surface area contributed by atoms with Crippen LogP contribution in [-0.4, -0.2) is 33.7 Å². The van der Waals surface area contributed by atoms with Crippen molar-refractivity contribution in [2.24, 2.45) is 5.92 Å². The number of carboxylic acids is 1. The predicted molar refractivity (Wildman–Crippen MR) is 88.8 cm³/mol. The SMILES string of the molecule is CCOc1ncc([C@H](C)NC2[C@H](C(=O)O)[C@H]2c2ccccc2)cn1. The fraction of sp³-hybridized carbons (Fsp3) is 0.389. The maximum absolute atomic E-state index is 11.5. The molecule has 126 valence electrons. The van der Waals surface area contributed by atoms with Crippen LogP contribution in [0, 0.1) is 5.92 Å². The zero-order valence-corrected chi connectivity index (χ0v) is 13.7. The van der Waals surface area contributed by atoms with E-state index in [0.29, 0.717) is 12.6 Å². The molecule has 1 aromatic carbocycles. The summed E-state index contributed by atoms with van der Waals surface area (Å²) in [7, 11) is 0. The van der Waals surface area contributed by atoms with Gasteiger partial charge in [0.2, 0.25) is 0 Å². The van der Waals surface area contributed by atoms with E-state index in [9.17, 15) is 9.90 Å². The van der Waals surface area contributed by atoms with Gasteiger partial charge in [-0.25, -0.2) is 9.97 Å². The smallest absolute Gasteiger partial charge is 0.316 e. The molecule has 0 spiro atoms. The van der Waals surface area contributed by atoms with Crippen LogP contribution in [0.3, 0.4) is 0 Å². The van der Waals surface area contributed by atoms with Gasteiger partial charge in [-0.1, -0.05) is 30.3 Å². The molecule has 0 amide bonds. The first kappa shape index (κ1) is 16.4. The highest BCUT2D eigenvalue weighted by atomic mass is 16.5. The molecule has 1 unspecified atom stereocenters. The summed E-state index contributed by atoms with van der Waals surface area (Å²) in [5.41, 5.74) is 1.96. The second-order valence-electron chi connectivity index (χ2n) is 5.95. The van der Waals surface area contributed by atoms with E-state index in [0.717, 1.165) is 11.1 Å². The lowest BCUT2D eigenvalue weighted by atomic mass is 10.1. The van der Waals surface area contributed by atoms with Gasteiger partial charge in [-0.15, -0.1) is 0 Å². The highest BCUT2D eigenvalue weighted by molar-refractivity contribution is 5.77. The van der Waals surface area contributed by atoms with Crippen LogP contribution >= 0.6 is 0 Å². The Morgan fingerprint density at radius 1 is 1.29 bits per heavy atom. The molecule has 6 nitrogen and oxygen atoms in total. The number of rotatable bonds is 7. The molecule has 1 aromatic heterocycles. The minimum atomic E-state index is -0.767. The topological polar surface area (TPSA) is 84.3 Å². The zero-order valence-electron chi connectivity index (χ0n) is 13.7. The normalized spacial score (nSPS) is 23.5. The first-order valence-electron chi connectivity index (χ1n) is 8.10. The number of hydrogen-bond donors (Lipinski definition) is 2. The van der Waals surface area contributed by atoms with Gasteiger partial charge in [-0.2, -0.15) is 0 Å². The van der Waals surface area contributed by atoms with Gasteiger partial charge in [0.1, 0.15) is 0 Å². The van der Waals surface area contributed by atoms with E-state index in [1.165, 1.54) is 0 Å². The highest BCUT2D eigenvalue weighted by Gasteiger charge is 2.56. The molecule has 1 saturated carbocycles. The quantitative estimate of drug-likeness (QED) is 0.812. The van der Waals surface area contributed by atoms with E-state index in [1.54, 1.807) is 12.4 Å². The molecule has 2 aromatic rings. The van der Waals surface area contributed by atoms with Crippen molar-refractivity contribution < 1.29 is 14.6 Å². The van der Waals surface area contributed by atoms with Gasteiger partial charge in [0, 0.05) is 36.0 Å². The molecule has 3 rings (SSSR count). The Balaban J connectivity index is 1.69. The average molecular weight is 327 g/mol. The van der Waals surface area contributed by atoms with Crippen molar-refractivity contribution in [1.29, 1.82) is 0 Å². The van der Waals surface area contributed by atoms with Crippen LogP contribution in [-0.2, 0) is 4.79 Å². The number of benzene rings is 1. The van der Waals surface area contributed by atoms with E-state index in [1.807, 2.05) is 44.2 Å². The van der Waals surface area contributed by atoms with Gasteiger partial charge < -0.3 is 15.2 Å². The fourth-order valence-electron chi connectivity index (χ4n) is 3.05. The molecule has 1 fully saturated rings. The van der Waals surface area contributed by atoms with Crippen LogP contribution < -0.4 is 10.1 Å². The molecule has 1 aliphatic carbocycles. The van der Waals surface area contributed by atoms with Crippen molar-refractivity contribution in [3.05, 3.63) is 53.9 Å². The van der Waals surface area contributed by atoms with Crippen LogP contribution in [0.2, 0.25) is 0 Å². The summed E-state index contributed by atoms with van der Waals surface area (Å²) >= 11 is 0. The largest absolute Gasteiger partial charge is 0.481 e. The third kappa shape index (κ3) is 3.38. The maximum atomic E-state index is 11.5. The van der Waals surface area contributed by atoms with Crippen LogP contribution in [0.1, 0.15) is 36.9 Å². The minimum absolute atomic E-state index is 0.00485. The van der Waals surface area contributed by atoms with E-state index >= 15 is 0 Å². The number of aromatic nitrogens is 2. The second kappa shape index (κ2) is 6.97. The first-order valence-corrected chi connectivity index (χ1v) is 8.10. The Hall–Kier alpha value is -2.47. The molecule has 0 saturated heterocycles. The molecule has 1 heterocycles. The van der Waals surface area contributed by atoms with Crippen LogP contribution in [0.5, 0.6) is 6.01 Å². The van der Waals surface area contributed by atoms with Gasteiger partial charge >= 0.3 is 12.0 Å². The van der Waals surface area contributed by atoms with Crippen LogP contribution in [0.25, 0.3) is 0 Å². The van der Waals surface area contributed by atoms with Crippen molar-refractivity contribution in [3.63, 3.8) is 0 Å². The lowest BCUT2D eigenvalue weighted by Gasteiger charge is -2.14. The first-order chi connectivity index (χ1) is 11.6. The van der Waals surface area contributed by atoms with Gasteiger partial charge in [0.25, 0.3) is 0 Å². The predicted octanol–water partition coefficient (Wildman–Crippen LogP) is 2.39. The fourth-order valence-corrected chi connectivity index (χ4v) is 3.05. The number of carbonyl (C=O) groups is 1. The third-order valence-corrected chi connectivity index (χ3v) is 4.35. The molecular weight excluding hydrogens is 306 g/mol. The third-order valence-electron chi connectivity index (χ3n) is 4.35. The Labute approximate surface area is 140 Å². The molecule has 2 N–H and O–H groups in total. The van der Waals surface area contributed by atoms with E-state index in [4.69, 9.17) is 4.74 Å². The molecule has 4 atom stereocenters. The molecule has 6 heteroatoms. The highest BCUT2D eigenvalue weighted by Crippen LogP contribution is 2.48. The standard InChI is InChI=1S/C18H21N3O3/c1-3-24-18-19-9-13(10-20-18)11(2)21-16-14(15(16)17(22)23)12-7-5-4-6-8-12/h4-11,14-16,21H,3H2,1-2H3,(H,22,23)/t11-,14+,15+,16?/m0/s1. The van der Waals surface area contributed by atoms with Crippen molar-refractivity contribution in [3.8, 4) is 6.01 Å². The molecule has 0 radical (unpaired) electrons. The summed E-state index contributed by atoms with van der Waals surface area (Å²) in [6.07, 6.45) is 3.43. The zero-order chi connectivity index (χ0) is 17.1. The summed E-state index contributed by atoms with van der Waals surface area (Å²) in [4.78, 5) is 19.8. The maximum Gasteiger partial charge on any atom is 0.316 e. The Morgan fingerprint density at radius 2 is 1.96 bits per heavy atom. The summed E-state index contributed by atoms with van der Waals surface area (Å²) < 4.78 is 5.24. The number of carboxylic acid groups (broad SMARTS) is 1. The Kier molecular flexibility index (Phi) is 4.76. The van der Waals surface area contributed by atoms with Crippen molar-refractivity contribution in [2.75, 3.05) is 6.61 Å². The van der Waals surface area contributed by atoms with Gasteiger partial charge in [-0.05, 0) is 19.4 Å². The molecular formula is C18H21N3O3. The van der Waals surface area contributed by atoms with Crippen molar-refractivity contribution >= 4 is 5.97 Å². The van der Waals surface area contributed by atoms with Crippen LogP contribution in [0.4, 0.5) is 0 Å². The number of nitrogens with zero attached hydrogens (tertiary/aromatic N) is 2. The Morgan fingerprint density at radius 3 is 2.54 bits per heavy atom. The molecule has 0 bridgehead atoms. The van der Waals surface area contributed by atoms with E-state index in [2.05, 4.69) is 15.3 Å². The molecule has 0 aliphatic heterocycles. The van der Waals surface area contributed by atoms with Gasteiger partial charge in [0.05, 0.1) is 12.5 Å². The monoisotopic (exact) mass is 327 g/mol. The number of nitrogens with one attached hydrogen (secondary N) is 1. The van der Waals surface area contributed by atoms with Gasteiger partial charge in [-0.3, -0.25) is 4.79 Å². The van der Waals surface area contributed by atoms with E-state index in [-0.39, 0.29) is 18.0 Å². The van der Waals surface area contributed by atoms with Crippen molar-refractivity contribution in [1.82, 2.24) is 15.3 Å². The number of aliphatic carboxylic acids is 1. The second-order valence-corrected chi connectivity index (χ2v) is 5.95. The molecule has 1 aliphatic rings. The van der Waals surface area contributed by atoms with E-state index < -0.39 is 11.9 Å². The summed E-state index contributed by atoms with van der Waals surface area (Å²) in [6, 6.07) is 9.99. The lowest BCUT2D eigenvalue weighted by molar-refractivity contribution is -0.138. The number of ether oxygens (including phenoxy) is 1. The van der Waals surface area contributed by atoms with Crippen LogP contribution in [0.15, 0.2) is 42.7 Å². The summed E-state index contributed by atoms with van der Waals surface area (Å²) in [5.74, 6) is -1.18. The summed E-state index contributed by atoms with van der Waals surface area (Å²) in [6.45, 7) is 4.39. The number of hydrogen-bond acceptors (Lipinski definition) is 5. The Bertz CT molecular complexity index is 690. The summed E-state index contributed by atoms with van der Waals surface area (Å²) in [5, 5.41) is 12.9. The lowest BCUT2D eigenvalue weighted by Crippen LogP contribution is -2.25. The van der Waals surface area contributed by atoms with Crippen molar-refractivity contribution in [2.45, 2.75) is 31.8 Å². The minimum Gasteiger partial charge on any atom is -0.481 e. The average Bonchev–Trinajstić information content (AvgIpc) is 3.30.